The molecule has 0 aliphatic heterocycles. The highest BCUT2D eigenvalue weighted by atomic mass is 28.2. The van der Waals surface area contributed by atoms with Crippen molar-refractivity contribution in [1.29, 1.82) is 0 Å². The van der Waals surface area contributed by atoms with Gasteiger partial charge in [-0.3, -0.25) is 0 Å². The van der Waals surface area contributed by atoms with Gasteiger partial charge in [0, 0.05) is 0 Å². The standard InChI is InChI=1S/C10H16O3Si/c14-13-9-7-11-6-8-12-10-4-2-1-3-5-10/h1-5H,6-9H2,14H3. The molecule has 14 heavy (non-hydrogen) atoms. The second kappa shape index (κ2) is 7.55. The summed E-state index contributed by atoms with van der Waals surface area (Å²) in [5.41, 5.74) is 0. The Morgan fingerprint density at radius 1 is 0.929 bits per heavy atom. The zero-order valence-corrected chi connectivity index (χ0v) is 10.4. The SMILES string of the molecule is [SiH3]OCCOCCOc1ccccc1. The van der Waals surface area contributed by atoms with Crippen molar-refractivity contribution in [1.82, 2.24) is 0 Å². The van der Waals surface area contributed by atoms with E-state index >= 15 is 0 Å². The van der Waals surface area contributed by atoms with E-state index in [1.165, 1.54) is 0 Å². The molecule has 0 saturated carbocycles. The molecule has 1 rings (SSSR count). The van der Waals surface area contributed by atoms with E-state index in [-0.39, 0.29) is 0 Å². The van der Waals surface area contributed by atoms with E-state index in [4.69, 9.17) is 13.9 Å². The highest BCUT2D eigenvalue weighted by Crippen LogP contribution is 2.07. The maximum absolute atomic E-state index is 5.43. The van der Waals surface area contributed by atoms with Gasteiger partial charge in [-0.1, -0.05) is 18.2 Å². The van der Waals surface area contributed by atoms with Crippen LogP contribution >= 0.6 is 0 Å². The van der Waals surface area contributed by atoms with E-state index in [0.717, 1.165) is 16.2 Å². The predicted molar refractivity (Wildman–Crippen MR) is 58.6 cm³/mol. The third-order valence-electron chi connectivity index (χ3n) is 1.67. The Hall–Kier alpha value is -0.843. The average Bonchev–Trinajstić information content (AvgIpc) is 2.25. The Labute approximate surface area is 87.5 Å². The number of hydrogen-bond donors (Lipinski definition) is 0. The Kier molecular flexibility index (Phi) is 6.06. The number of rotatable bonds is 7. The van der Waals surface area contributed by atoms with Crippen LogP contribution in [0.1, 0.15) is 0 Å². The zero-order valence-electron chi connectivity index (χ0n) is 8.44. The number of hydrogen-bond acceptors (Lipinski definition) is 3. The second-order valence-corrected chi connectivity index (χ2v) is 3.34. The van der Waals surface area contributed by atoms with Gasteiger partial charge in [0.25, 0.3) is 0 Å². The second-order valence-electron chi connectivity index (χ2n) is 2.77. The first-order chi connectivity index (χ1) is 6.93. The van der Waals surface area contributed by atoms with Gasteiger partial charge in [-0.2, -0.15) is 0 Å². The van der Waals surface area contributed by atoms with E-state index in [0.29, 0.717) is 26.4 Å². The first-order valence-electron chi connectivity index (χ1n) is 4.68. The van der Waals surface area contributed by atoms with Gasteiger partial charge >= 0.3 is 0 Å². The van der Waals surface area contributed by atoms with E-state index in [9.17, 15) is 0 Å². The van der Waals surface area contributed by atoms with Crippen LogP contribution in [-0.4, -0.2) is 36.9 Å². The summed E-state index contributed by atoms with van der Waals surface area (Å²) >= 11 is 0. The normalized spacial score (nSPS) is 10.3. The highest BCUT2D eigenvalue weighted by Gasteiger charge is 1.91. The molecular weight excluding hydrogens is 196 g/mol. The van der Waals surface area contributed by atoms with Gasteiger partial charge in [0.2, 0.25) is 0 Å². The lowest BCUT2D eigenvalue weighted by molar-refractivity contribution is 0.0786. The molecule has 0 amide bonds. The summed E-state index contributed by atoms with van der Waals surface area (Å²) in [5.74, 6) is 0.884. The van der Waals surface area contributed by atoms with Crippen molar-refractivity contribution >= 4 is 10.5 Å². The quantitative estimate of drug-likeness (QED) is 0.483. The molecule has 0 atom stereocenters. The van der Waals surface area contributed by atoms with Gasteiger partial charge in [0.1, 0.15) is 22.8 Å². The molecule has 0 aliphatic rings. The van der Waals surface area contributed by atoms with Crippen LogP contribution in [0.25, 0.3) is 0 Å². The lowest BCUT2D eigenvalue weighted by Crippen LogP contribution is -2.10. The summed E-state index contributed by atoms with van der Waals surface area (Å²) in [6, 6.07) is 9.73. The molecule has 78 valence electrons. The van der Waals surface area contributed by atoms with Crippen LogP contribution in [0.15, 0.2) is 30.3 Å². The van der Waals surface area contributed by atoms with E-state index in [1.807, 2.05) is 30.3 Å². The largest absolute Gasteiger partial charge is 0.491 e. The Morgan fingerprint density at radius 2 is 1.64 bits per heavy atom. The molecule has 1 aromatic rings. The molecule has 4 heteroatoms. The lowest BCUT2D eigenvalue weighted by Gasteiger charge is -2.06. The van der Waals surface area contributed by atoms with Crippen LogP contribution in [0, 0.1) is 0 Å². The third-order valence-corrected chi connectivity index (χ3v) is 2.08. The molecule has 0 unspecified atom stereocenters. The average molecular weight is 212 g/mol. The monoisotopic (exact) mass is 212 g/mol. The molecule has 3 nitrogen and oxygen atoms in total. The number of para-hydroxylation sites is 1. The summed E-state index contributed by atoms with van der Waals surface area (Å²) in [5, 5.41) is 0. The molecule has 0 bridgehead atoms. The fourth-order valence-electron chi connectivity index (χ4n) is 0.979. The fourth-order valence-corrected chi connectivity index (χ4v) is 1.15. The third kappa shape index (κ3) is 5.01. The molecule has 0 aromatic heterocycles. The van der Waals surface area contributed by atoms with Crippen molar-refractivity contribution < 1.29 is 13.9 Å². The van der Waals surface area contributed by atoms with E-state index in [2.05, 4.69) is 0 Å². The van der Waals surface area contributed by atoms with Gasteiger partial charge in [-0.15, -0.1) is 0 Å². The molecule has 1 aromatic carbocycles. The van der Waals surface area contributed by atoms with Crippen molar-refractivity contribution in [2.75, 3.05) is 26.4 Å². The zero-order chi connectivity index (χ0) is 10.1. The van der Waals surface area contributed by atoms with E-state index in [1.54, 1.807) is 0 Å². The molecule has 0 aliphatic carbocycles. The fraction of sp³-hybridized carbons (Fsp3) is 0.400. The van der Waals surface area contributed by atoms with Crippen molar-refractivity contribution in [3.05, 3.63) is 30.3 Å². The van der Waals surface area contributed by atoms with Crippen LogP contribution in [-0.2, 0) is 9.16 Å². The van der Waals surface area contributed by atoms with Gasteiger partial charge in [0.05, 0.1) is 19.8 Å². The van der Waals surface area contributed by atoms with Crippen LogP contribution in [0.5, 0.6) is 5.75 Å². The summed E-state index contributed by atoms with van der Waals surface area (Å²) < 4.78 is 15.7. The first kappa shape index (κ1) is 11.2. The summed E-state index contributed by atoms with van der Waals surface area (Å²) in [7, 11) is 0.777. The smallest absolute Gasteiger partial charge is 0.146 e. The van der Waals surface area contributed by atoms with Gasteiger partial charge < -0.3 is 13.9 Å². The minimum Gasteiger partial charge on any atom is -0.491 e. The van der Waals surface area contributed by atoms with Crippen molar-refractivity contribution in [3.8, 4) is 5.75 Å². The summed E-state index contributed by atoms with van der Waals surface area (Å²) in [4.78, 5) is 0. The predicted octanol–water partition coefficient (Wildman–Crippen LogP) is 0.379. The Balaban J connectivity index is 1.99. The van der Waals surface area contributed by atoms with Gasteiger partial charge in [-0.25, -0.2) is 0 Å². The Bertz CT molecular complexity index is 228. The maximum Gasteiger partial charge on any atom is 0.146 e. The van der Waals surface area contributed by atoms with Gasteiger partial charge in [0.15, 0.2) is 0 Å². The molecule has 0 radical (unpaired) electrons. The molecule has 0 heterocycles. The van der Waals surface area contributed by atoms with Crippen molar-refractivity contribution in [2.24, 2.45) is 0 Å². The van der Waals surface area contributed by atoms with Crippen LogP contribution in [0.2, 0.25) is 0 Å². The molecule has 0 spiro atoms. The van der Waals surface area contributed by atoms with Gasteiger partial charge in [-0.05, 0) is 12.1 Å². The molecule has 0 N–H and O–H groups in total. The van der Waals surface area contributed by atoms with Crippen LogP contribution in [0.3, 0.4) is 0 Å². The van der Waals surface area contributed by atoms with E-state index < -0.39 is 0 Å². The number of benzene rings is 1. The minimum absolute atomic E-state index is 0.588. The summed E-state index contributed by atoms with van der Waals surface area (Å²) in [6.45, 7) is 2.55. The lowest BCUT2D eigenvalue weighted by atomic mass is 10.3. The molecular formula is C10H16O3Si. The first-order valence-corrected chi connectivity index (χ1v) is 5.49. The van der Waals surface area contributed by atoms with Crippen LogP contribution < -0.4 is 4.74 Å². The molecule has 0 fully saturated rings. The van der Waals surface area contributed by atoms with Crippen molar-refractivity contribution in [3.63, 3.8) is 0 Å². The molecule has 0 saturated heterocycles. The minimum atomic E-state index is 0.588. The Morgan fingerprint density at radius 3 is 2.36 bits per heavy atom. The van der Waals surface area contributed by atoms with Crippen LogP contribution in [0.4, 0.5) is 0 Å². The topological polar surface area (TPSA) is 27.7 Å². The summed E-state index contributed by atoms with van der Waals surface area (Å²) in [6.07, 6.45) is 0. The van der Waals surface area contributed by atoms with Crippen molar-refractivity contribution in [2.45, 2.75) is 0 Å². The highest BCUT2D eigenvalue weighted by molar-refractivity contribution is 5.97. The number of ether oxygens (including phenoxy) is 2. The maximum atomic E-state index is 5.43.